The maximum Gasteiger partial charge on any atom is 0.309 e. The van der Waals surface area contributed by atoms with Gasteiger partial charge in [-0.15, -0.1) is 0 Å². The molecule has 0 atom stereocenters. The van der Waals surface area contributed by atoms with E-state index in [0.29, 0.717) is 38.0 Å². The molecule has 1 aromatic rings. The minimum atomic E-state index is -0.748. The van der Waals surface area contributed by atoms with Crippen molar-refractivity contribution in [2.24, 2.45) is 5.41 Å². The quantitative estimate of drug-likeness (QED) is 0.913. The van der Waals surface area contributed by atoms with Gasteiger partial charge in [0, 0.05) is 19.2 Å². The van der Waals surface area contributed by atoms with Crippen LogP contribution in [0.3, 0.4) is 0 Å². The third-order valence-electron chi connectivity index (χ3n) is 4.03. The molecule has 1 fully saturated rings. The van der Waals surface area contributed by atoms with Crippen LogP contribution in [-0.4, -0.2) is 40.1 Å². The number of hydrogen-bond donors (Lipinski definition) is 1. The molecule has 0 aliphatic carbocycles. The van der Waals surface area contributed by atoms with Crippen molar-refractivity contribution >= 4 is 11.9 Å². The summed E-state index contributed by atoms with van der Waals surface area (Å²) >= 11 is 0. The number of aryl methyl sites for hydroxylation is 1. The standard InChI is InChI=1S/C14H20N2O4/c1-3-4-14(13(18)19)5-7-16(8-6-14)12(17)11-9-10(2)15-20-11/h9H,3-8H2,1-2H3,(H,18,19). The number of aliphatic carboxylic acids is 1. The molecule has 20 heavy (non-hydrogen) atoms. The van der Waals surface area contributed by atoms with E-state index in [2.05, 4.69) is 5.16 Å². The van der Waals surface area contributed by atoms with E-state index in [4.69, 9.17) is 4.52 Å². The average Bonchev–Trinajstić information content (AvgIpc) is 2.85. The van der Waals surface area contributed by atoms with Gasteiger partial charge in [-0.1, -0.05) is 18.5 Å². The van der Waals surface area contributed by atoms with E-state index >= 15 is 0 Å². The van der Waals surface area contributed by atoms with Crippen LogP contribution in [0.1, 0.15) is 48.9 Å². The van der Waals surface area contributed by atoms with Gasteiger partial charge in [-0.3, -0.25) is 9.59 Å². The second-order valence-electron chi connectivity index (χ2n) is 5.46. The van der Waals surface area contributed by atoms with Crippen LogP contribution in [0.15, 0.2) is 10.6 Å². The Morgan fingerprint density at radius 3 is 2.55 bits per heavy atom. The van der Waals surface area contributed by atoms with Gasteiger partial charge in [-0.25, -0.2) is 0 Å². The summed E-state index contributed by atoms with van der Waals surface area (Å²) < 4.78 is 4.97. The number of nitrogens with zero attached hydrogens (tertiary/aromatic N) is 2. The normalized spacial score (nSPS) is 18.0. The molecular weight excluding hydrogens is 260 g/mol. The largest absolute Gasteiger partial charge is 0.481 e. The molecule has 1 aliphatic rings. The monoisotopic (exact) mass is 280 g/mol. The van der Waals surface area contributed by atoms with E-state index in [1.54, 1.807) is 17.9 Å². The maximum absolute atomic E-state index is 12.2. The summed E-state index contributed by atoms with van der Waals surface area (Å²) in [5.41, 5.74) is -0.0145. The van der Waals surface area contributed by atoms with E-state index in [-0.39, 0.29) is 11.7 Å². The summed E-state index contributed by atoms with van der Waals surface area (Å²) in [7, 11) is 0. The Bertz CT molecular complexity index is 501. The van der Waals surface area contributed by atoms with E-state index in [0.717, 1.165) is 6.42 Å². The van der Waals surface area contributed by atoms with E-state index in [1.165, 1.54) is 0 Å². The fourth-order valence-corrected chi connectivity index (χ4v) is 2.81. The number of hydrogen-bond acceptors (Lipinski definition) is 4. The third kappa shape index (κ3) is 2.69. The summed E-state index contributed by atoms with van der Waals surface area (Å²) in [6.07, 6.45) is 2.48. The van der Waals surface area contributed by atoms with Crippen LogP contribution < -0.4 is 0 Å². The first-order chi connectivity index (χ1) is 9.48. The van der Waals surface area contributed by atoms with Gasteiger partial charge in [0.25, 0.3) is 5.91 Å². The lowest BCUT2D eigenvalue weighted by Crippen LogP contribution is -2.46. The van der Waals surface area contributed by atoms with Gasteiger partial charge >= 0.3 is 5.97 Å². The van der Waals surface area contributed by atoms with Crippen LogP contribution in [0.2, 0.25) is 0 Å². The third-order valence-corrected chi connectivity index (χ3v) is 4.03. The van der Waals surface area contributed by atoms with Crippen LogP contribution in [0, 0.1) is 12.3 Å². The SMILES string of the molecule is CCCC1(C(=O)O)CCN(C(=O)c2cc(C)no2)CC1. The molecule has 0 spiro atoms. The second-order valence-corrected chi connectivity index (χ2v) is 5.46. The van der Waals surface area contributed by atoms with E-state index in [1.807, 2.05) is 6.92 Å². The average molecular weight is 280 g/mol. The molecule has 1 aliphatic heterocycles. The lowest BCUT2D eigenvalue weighted by Gasteiger charge is -2.38. The van der Waals surface area contributed by atoms with Gasteiger partial charge < -0.3 is 14.5 Å². The topological polar surface area (TPSA) is 83.6 Å². The Labute approximate surface area is 117 Å². The number of carbonyl (C=O) groups excluding carboxylic acids is 1. The number of aromatic nitrogens is 1. The van der Waals surface area contributed by atoms with Gasteiger partial charge in [0.15, 0.2) is 0 Å². The van der Waals surface area contributed by atoms with Crippen molar-refractivity contribution in [3.8, 4) is 0 Å². The molecule has 6 heteroatoms. The van der Waals surface area contributed by atoms with Crippen LogP contribution in [0.25, 0.3) is 0 Å². The molecule has 1 amide bonds. The molecule has 0 bridgehead atoms. The van der Waals surface area contributed by atoms with Crippen molar-refractivity contribution in [3.63, 3.8) is 0 Å². The van der Waals surface area contributed by atoms with Crippen molar-refractivity contribution in [2.45, 2.75) is 39.5 Å². The Balaban J connectivity index is 2.03. The van der Waals surface area contributed by atoms with Gasteiger partial charge in [-0.2, -0.15) is 0 Å². The molecule has 0 unspecified atom stereocenters. The molecule has 0 radical (unpaired) electrons. The van der Waals surface area contributed by atoms with E-state index in [9.17, 15) is 14.7 Å². The lowest BCUT2D eigenvalue weighted by molar-refractivity contribution is -0.152. The lowest BCUT2D eigenvalue weighted by atomic mass is 9.75. The highest BCUT2D eigenvalue weighted by molar-refractivity contribution is 5.91. The maximum atomic E-state index is 12.2. The Hall–Kier alpha value is -1.85. The predicted octanol–water partition coefficient (Wildman–Crippen LogP) is 2.09. The molecule has 0 saturated carbocycles. The highest BCUT2D eigenvalue weighted by Gasteiger charge is 2.41. The summed E-state index contributed by atoms with van der Waals surface area (Å²) in [5, 5.41) is 13.1. The number of amides is 1. The second kappa shape index (κ2) is 5.64. The van der Waals surface area contributed by atoms with Crippen LogP contribution >= 0.6 is 0 Å². The molecule has 1 N–H and O–H groups in total. The zero-order valence-corrected chi connectivity index (χ0v) is 11.9. The van der Waals surface area contributed by atoms with Gasteiger partial charge in [0.2, 0.25) is 5.76 Å². The fourth-order valence-electron chi connectivity index (χ4n) is 2.81. The van der Waals surface area contributed by atoms with Crippen molar-refractivity contribution in [1.82, 2.24) is 10.1 Å². The number of carboxylic acids is 1. The summed E-state index contributed by atoms with van der Waals surface area (Å²) in [4.78, 5) is 25.3. The Morgan fingerprint density at radius 2 is 2.10 bits per heavy atom. The minimum absolute atomic E-state index is 0.207. The molecule has 1 aromatic heterocycles. The zero-order valence-electron chi connectivity index (χ0n) is 11.9. The van der Waals surface area contributed by atoms with Crippen molar-refractivity contribution in [2.75, 3.05) is 13.1 Å². The van der Waals surface area contributed by atoms with Crippen LogP contribution in [-0.2, 0) is 4.79 Å². The van der Waals surface area contributed by atoms with Crippen molar-refractivity contribution < 1.29 is 19.2 Å². The van der Waals surface area contributed by atoms with Crippen molar-refractivity contribution in [1.29, 1.82) is 0 Å². The zero-order chi connectivity index (χ0) is 14.8. The first kappa shape index (κ1) is 14.6. The Kier molecular flexibility index (Phi) is 4.11. The molecule has 0 aromatic carbocycles. The predicted molar refractivity (Wildman–Crippen MR) is 71.4 cm³/mol. The first-order valence-corrected chi connectivity index (χ1v) is 6.94. The minimum Gasteiger partial charge on any atom is -0.481 e. The Morgan fingerprint density at radius 1 is 1.45 bits per heavy atom. The van der Waals surface area contributed by atoms with Gasteiger partial charge in [0.1, 0.15) is 0 Å². The highest BCUT2D eigenvalue weighted by Crippen LogP contribution is 2.36. The molecular formula is C14H20N2O4. The number of piperidine rings is 1. The molecule has 6 nitrogen and oxygen atoms in total. The molecule has 2 heterocycles. The molecule has 1 saturated heterocycles. The smallest absolute Gasteiger partial charge is 0.309 e. The number of carbonyl (C=O) groups is 2. The number of rotatable bonds is 4. The summed E-state index contributed by atoms with van der Waals surface area (Å²) in [6, 6.07) is 1.60. The number of carboxylic acid groups (broad SMARTS) is 1. The number of likely N-dealkylation sites (tertiary alicyclic amines) is 1. The highest BCUT2D eigenvalue weighted by atomic mass is 16.5. The van der Waals surface area contributed by atoms with E-state index < -0.39 is 11.4 Å². The van der Waals surface area contributed by atoms with Gasteiger partial charge in [0.05, 0.1) is 11.1 Å². The summed E-state index contributed by atoms with van der Waals surface area (Å²) in [6.45, 7) is 4.64. The van der Waals surface area contributed by atoms with Gasteiger partial charge in [-0.05, 0) is 26.2 Å². The fraction of sp³-hybridized carbons (Fsp3) is 0.643. The van der Waals surface area contributed by atoms with Crippen molar-refractivity contribution in [3.05, 3.63) is 17.5 Å². The first-order valence-electron chi connectivity index (χ1n) is 6.94. The van der Waals surface area contributed by atoms with Crippen LogP contribution in [0.4, 0.5) is 0 Å². The van der Waals surface area contributed by atoms with Crippen LogP contribution in [0.5, 0.6) is 0 Å². The molecule has 110 valence electrons. The summed E-state index contributed by atoms with van der Waals surface area (Å²) in [5.74, 6) is -0.733. The molecule has 2 rings (SSSR count).